The van der Waals surface area contributed by atoms with Crippen LogP contribution in [0.4, 0.5) is 65.9 Å². The lowest BCUT2D eigenvalue weighted by atomic mass is 9.73. The zero-order chi connectivity index (χ0) is 28.6. The van der Waals surface area contributed by atoms with Crippen molar-refractivity contribution in [3.05, 3.63) is 104 Å². The molecule has 3 aromatic carbocycles. The summed E-state index contributed by atoms with van der Waals surface area (Å²) in [6, 6.07) is 0. The third-order valence-corrected chi connectivity index (χ3v) is 7.57. The van der Waals surface area contributed by atoms with E-state index in [1.807, 2.05) is 0 Å². The van der Waals surface area contributed by atoms with E-state index in [0.29, 0.717) is 0 Å². The second-order valence-corrected chi connectivity index (χ2v) is 9.14. The summed E-state index contributed by atoms with van der Waals surface area (Å²) >= 11 is -0.308. The highest BCUT2D eigenvalue weighted by Gasteiger charge is 2.57. The molecule has 0 amide bonds. The summed E-state index contributed by atoms with van der Waals surface area (Å²) < 4.78 is 211. The van der Waals surface area contributed by atoms with Crippen molar-refractivity contribution in [2.45, 2.75) is 17.1 Å². The van der Waals surface area contributed by atoms with Gasteiger partial charge in [-0.2, -0.15) is 0 Å². The lowest BCUT2D eigenvalue weighted by Gasteiger charge is -2.37. The van der Waals surface area contributed by atoms with Crippen LogP contribution in [0.2, 0.25) is 0 Å². The molecule has 0 bridgehead atoms. The Balaban J connectivity index is 2.29. The third kappa shape index (κ3) is 3.51. The number of hydrogen-bond donors (Lipinski definition) is 0. The molecule has 3 aromatic rings. The number of halogens is 15. The molecule has 0 radical (unpaired) electrons. The highest BCUT2D eigenvalue weighted by atomic mass is 32.2. The van der Waals surface area contributed by atoms with Gasteiger partial charge >= 0.3 is 0 Å². The lowest BCUT2D eigenvalue weighted by Crippen LogP contribution is -2.36. The van der Waals surface area contributed by atoms with E-state index < -0.39 is 127 Å². The van der Waals surface area contributed by atoms with Crippen molar-refractivity contribution >= 4 is 11.8 Å². The van der Waals surface area contributed by atoms with E-state index in [9.17, 15) is 48.3 Å². The van der Waals surface area contributed by atoms with Gasteiger partial charge in [0.2, 0.25) is 17.5 Å². The number of hydrogen-bond acceptors (Lipinski definition) is 1. The van der Waals surface area contributed by atoms with Crippen LogP contribution in [0, 0.1) is 87.3 Å². The minimum atomic E-state index is -3.84. The molecular weight excluding hydrogens is 581 g/mol. The molecule has 1 fully saturated rings. The summed E-state index contributed by atoms with van der Waals surface area (Å²) in [5, 5.41) is 0. The first kappa shape index (κ1) is 28.0. The van der Waals surface area contributed by atoms with Gasteiger partial charge in [0, 0.05) is 11.5 Å². The molecule has 1 unspecified atom stereocenters. The van der Waals surface area contributed by atoms with E-state index in [4.69, 9.17) is 0 Å². The van der Waals surface area contributed by atoms with Gasteiger partial charge in [-0.3, -0.25) is 0 Å². The first-order chi connectivity index (χ1) is 17.6. The van der Waals surface area contributed by atoms with Crippen LogP contribution in [0.1, 0.15) is 29.0 Å². The highest BCUT2D eigenvalue weighted by Crippen LogP contribution is 2.62. The van der Waals surface area contributed by atoms with Crippen LogP contribution >= 0.6 is 11.8 Å². The summed E-state index contributed by atoms with van der Waals surface area (Å²) in [4.78, 5) is 0. The quantitative estimate of drug-likeness (QED) is 0.171. The fourth-order valence-corrected chi connectivity index (χ4v) is 6.16. The van der Waals surface area contributed by atoms with Crippen molar-refractivity contribution in [2.24, 2.45) is 0 Å². The minimum Gasteiger partial charge on any atom is -0.203 e. The number of benzene rings is 3. The average Bonchev–Trinajstić information content (AvgIpc) is 3.30. The molecule has 38 heavy (non-hydrogen) atoms. The van der Waals surface area contributed by atoms with Crippen LogP contribution in [-0.4, -0.2) is 5.75 Å². The Morgan fingerprint density at radius 2 is 0.658 bits per heavy atom. The maximum Gasteiger partial charge on any atom is 0.200 e. The number of thioether (sulfide) groups is 1. The average molecular weight is 586 g/mol. The maximum atomic E-state index is 15.0. The number of rotatable bonds is 3. The van der Waals surface area contributed by atoms with Gasteiger partial charge in [0.25, 0.3) is 0 Å². The first-order valence-electron chi connectivity index (χ1n) is 9.81. The van der Waals surface area contributed by atoms with Crippen molar-refractivity contribution in [2.75, 3.05) is 5.75 Å². The van der Waals surface area contributed by atoms with Gasteiger partial charge in [0.15, 0.2) is 69.8 Å². The predicted molar refractivity (Wildman–Crippen MR) is 99.3 cm³/mol. The standard InChI is InChI=1S/C22H5F15S/c23-7-4(8(24)14(30)19(35)13(7)29)3-1-2-38-22(3,5-9(25)15(31)20(36)16(32)10(5)26)6-11(27)17(33)21(37)18(34)12(6)28/h3H,1-2H2. The second-order valence-electron chi connectivity index (χ2n) is 7.80. The van der Waals surface area contributed by atoms with E-state index in [1.54, 1.807) is 0 Å². The molecule has 1 atom stereocenters. The van der Waals surface area contributed by atoms with Crippen molar-refractivity contribution < 1.29 is 65.9 Å². The fourth-order valence-electron chi connectivity index (χ4n) is 4.40. The zero-order valence-electron chi connectivity index (χ0n) is 17.6. The summed E-state index contributed by atoms with van der Waals surface area (Å²) in [5.41, 5.74) is -6.73. The van der Waals surface area contributed by atoms with Crippen LogP contribution in [0.15, 0.2) is 0 Å². The van der Waals surface area contributed by atoms with Crippen molar-refractivity contribution in [3.8, 4) is 0 Å². The molecule has 4 rings (SSSR count). The third-order valence-electron chi connectivity index (χ3n) is 5.98. The molecule has 0 spiro atoms. The zero-order valence-corrected chi connectivity index (χ0v) is 18.4. The molecule has 204 valence electrons. The van der Waals surface area contributed by atoms with Gasteiger partial charge in [0.05, 0.1) is 15.9 Å². The largest absolute Gasteiger partial charge is 0.203 e. The topological polar surface area (TPSA) is 0 Å². The molecular formula is C22H5F15S. The van der Waals surface area contributed by atoms with E-state index in [0.717, 1.165) is 0 Å². The summed E-state index contributed by atoms with van der Waals surface area (Å²) in [6.07, 6.45) is -1.07. The van der Waals surface area contributed by atoms with Crippen LogP contribution in [0.3, 0.4) is 0 Å². The predicted octanol–water partition coefficient (Wildman–Crippen LogP) is 7.94. The SMILES string of the molecule is Fc1c(F)c(F)c(C2CCSC2(c2c(F)c(F)c(F)c(F)c2F)c2c(F)c(F)c(F)c(F)c2F)c(F)c1F. The molecule has 0 nitrogen and oxygen atoms in total. The lowest BCUT2D eigenvalue weighted by molar-refractivity contribution is 0.328. The van der Waals surface area contributed by atoms with Crippen molar-refractivity contribution in [1.82, 2.24) is 0 Å². The van der Waals surface area contributed by atoms with Gasteiger partial charge in [-0.05, 0) is 12.2 Å². The Labute approximate surface area is 205 Å². The molecule has 1 heterocycles. The van der Waals surface area contributed by atoms with Gasteiger partial charge < -0.3 is 0 Å². The molecule has 0 aromatic heterocycles. The molecule has 16 heteroatoms. The Morgan fingerprint density at radius 3 is 0.974 bits per heavy atom. The van der Waals surface area contributed by atoms with E-state index in [-0.39, 0.29) is 11.8 Å². The van der Waals surface area contributed by atoms with Crippen LogP contribution in [0.5, 0.6) is 0 Å². The van der Waals surface area contributed by atoms with Gasteiger partial charge in [-0.15, -0.1) is 11.8 Å². The first-order valence-corrected chi connectivity index (χ1v) is 10.8. The van der Waals surface area contributed by atoms with Crippen molar-refractivity contribution in [3.63, 3.8) is 0 Å². The summed E-state index contributed by atoms with van der Waals surface area (Å²) in [5.74, 6) is -45.8. The Bertz CT molecular complexity index is 1360. The van der Waals surface area contributed by atoms with Crippen LogP contribution in [0.25, 0.3) is 0 Å². The van der Waals surface area contributed by atoms with E-state index >= 15 is 17.6 Å². The van der Waals surface area contributed by atoms with Crippen LogP contribution < -0.4 is 0 Å². The molecule has 0 saturated carbocycles. The minimum absolute atomic E-state index is 0.308. The maximum absolute atomic E-state index is 15.0. The Morgan fingerprint density at radius 1 is 0.395 bits per heavy atom. The van der Waals surface area contributed by atoms with Gasteiger partial charge in [-0.25, -0.2) is 65.9 Å². The molecule has 0 aliphatic carbocycles. The van der Waals surface area contributed by atoms with Gasteiger partial charge in [-0.1, -0.05) is 0 Å². The molecule has 1 aliphatic heterocycles. The van der Waals surface area contributed by atoms with E-state index in [2.05, 4.69) is 0 Å². The Kier molecular flexibility index (Phi) is 6.85. The molecule has 0 N–H and O–H groups in total. The molecule has 1 saturated heterocycles. The normalized spacial score (nSPS) is 17.0. The highest BCUT2D eigenvalue weighted by molar-refractivity contribution is 8.00. The van der Waals surface area contributed by atoms with Gasteiger partial charge in [0.1, 0.15) is 0 Å². The second kappa shape index (κ2) is 9.31. The smallest absolute Gasteiger partial charge is 0.200 e. The van der Waals surface area contributed by atoms with E-state index in [1.165, 1.54) is 0 Å². The monoisotopic (exact) mass is 586 g/mol. The van der Waals surface area contributed by atoms with Crippen molar-refractivity contribution in [1.29, 1.82) is 0 Å². The summed E-state index contributed by atoms with van der Waals surface area (Å²) in [6.45, 7) is 0. The summed E-state index contributed by atoms with van der Waals surface area (Å²) in [7, 11) is 0. The Hall–Kier alpha value is -3.04. The van der Waals surface area contributed by atoms with Crippen LogP contribution in [-0.2, 0) is 4.75 Å². The molecule has 1 aliphatic rings. The fraction of sp³-hybridized carbons (Fsp3) is 0.182.